The number of anilines is 1. The Kier molecular flexibility index (Phi) is 5.20. The second kappa shape index (κ2) is 7.56. The van der Waals surface area contributed by atoms with E-state index in [1.807, 2.05) is 22.8 Å². The zero-order valence-electron chi connectivity index (χ0n) is 17.3. The largest absolute Gasteiger partial charge is 0.494 e. The van der Waals surface area contributed by atoms with Crippen molar-refractivity contribution in [2.24, 2.45) is 0 Å². The topological polar surface area (TPSA) is 89.3 Å². The number of imidazole rings is 1. The van der Waals surface area contributed by atoms with E-state index in [1.165, 1.54) is 0 Å². The second-order valence-electron chi connectivity index (χ2n) is 8.31. The van der Waals surface area contributed by atoms with E-state index in [9.17, 15) is 9.90 Å². The number of amides is 1. The third kappa shape index (κ3) is 3.63. The minimum absolute atomic E-state index is 0.109. The van der Waals surface area contributed by atoms with Crippen LogP contribution in [0.5, 0.6) is 5.75 Å². The molecule has 0 aliphatic heterocycles. The van der Waals surface area contributed by atoms with E-state index >= 15 is 0 Å². The van der Waals surface area contributed by atoms with E-state index in [4.69, 9.17) is 16.3 Å². The van der Waals surface area contributed by atoms with Crippen LogP contribution in [0, 0.1) is 0 Å². The Hall–Kier alpha value is -2.64. The molecule has 158 valence electrons. The summed E-state index contributed by atoms with van der Waals surface area (Å²) < 4.78 is 7.37. The zero-order chi connectivity index (χ0) is 21.5. The first kappa shape index (κ1) is 20.6. The van der Waals surface area contributed by atoms with E-state index in [-0.39, 0.29) is 17.9 Å². The molecule has 3 aromatic rings. The number of benzene rings is 1. The van der Waals surface area contributed by atoms with E-state index in [0.717, 1.165) is 19.3 Å². The van der Waals surface area contributed by atoms with E-state index in [2.05, 4.69) is 22.2 Å². The monoisotopic (exact) mass is 428 g/mol. The zero-order valence-corrected chi connectivity index (χ0v) is 18.0. The second-order valence-corrected chi connectivity index (χ2v) is 8.69. The summed E-state index contributed by atoms with van der Waals surface area (Å²) in [5, 5.41) is 14.0. The molecule has 0 saturated heterocycles. The highest BCUT2D eigenvalue weighted by Crippen LogP contribution is 2.44. The minimum Gasteiger partial charge on any atom is -0.494 e. The fraction of sp³-hybridized carbons (Fsp3) is 0.409. The van der Waals surface area contributed by atoms with Crippen LogP contribution in [0.1, 0.15) is 45.1 Å². The number of ether oxygens (including phenoxy) is 1. The molecule has 0 spiro atoms. The van der Waals surface area contributed by atoms with Crippen molar-refractivity contribution in [1.82, 2.24) is 14.5 Å². The van der Waals surface area contributed by atoms with Gasteiger partial charge in [0, 0.05) is 11.6 Å². The van der Waals surface area contributed by atoms with Crippen LogP contribution >= 0.6 is 11.6 Å². The maximum absolute atomic E-state index is 12.9. The number of nitrogens with zero attached hydrogens (tertiary/aromatic N) is 3. The lowest BCUT2D eigenvalue weighted by atomic mass is 9.78. The van der Waals surface area contributed by atoms with Crippen molar-refractivity contribution in [3.63, 3.8) is 0 Å². The molecule has 2 N–H and O–H groups in total. The van der Waals surface area contributed by atoms with Gasteiger partial charge in [0.25, 0.3) is 0 Å². The number of carbonyl (C=O) groups excluding carboxylic acids is 1. The van der Waals surface area contributed by atoms with Crippen LogP contribution in [0.2, 0.25) is 5.15 Å². The number of nitrogens with one attached hydrogen (secondary N) is 1. The van der Waals surface area contributed by atoms with E-state index < -0.39 is 5.60 Å². The molecule has 1 saturated carbocycles. The van der Waals surface area contributed by atoms with Gasteiger partial charge in [0.2, 0.25) is 11.9 Å². The molecule has 0 radical (unpaired) electrons. The van der Waals surface area contributed by atoms with Crippen molar-refractivity contribution in [3.05, 3.63) is 47.1 Å². The van der Waals surface area contributed by atoms with Crippen molar-refractivity contribution >= 4 is 34.6 Å². The molecule has 1 fully saturated rings. The Morgan fingerprint density at radius 3 is 2.63 bits per heavy atom. The Morgan fingerprint density at radius 2 is 2.03 bits per heavy atom. The summed E-state index contributed by atoms with van der Waals surface area (Å²) in [6, 6.07) is 10.7. The van der Waals surface area contributed by atoms with Gasteiger partial charge in [-0.2, -0.15) is 0 Å². The number of methoxy groups -OCH3 is 1. The van der Waals surface area contributed by atoms with Gasteiger partial charge in [0.1, 0.15) is 5.15 Å². The molecule has 4 rings (SSSR count). The summed E-state index contributed by atoms with van der Waals surface area (Å²) in [5.74, 6) is 0.543. The average Bonchev–Trinajstić information content (AvgIpc) is 3.03. The van der Waals surface area contributed by atoms with Gasteiger partial charge in [0.05, 0.1) is 19.1 Å². The molecule has 2 aromatic heterocycles. The number of halogens is 1. The fourth-order valence-corrected chi connectivity index (χ4v) is 4.21. The standard InChI is InChI=1S/C22H25ClN4O3/c1-21(10-7-11-21)27-19-18(15(30-3)12-16(23)24-19)26-20(27)25-17(28)13-22(2,29)14-8-5-4-6-9-14/h4-6,8-9,12,29H,7,10-11,13H2,1-3H3,(H,25,26,28)/t22-/m1/s1. The molecule has 8 heteroatoms. The molecular formula is C22H25ClN4O3. The SMILES string of the molecule is COc1cc(Cl)nc2c1nc(NC(=O)C[C@@](C)(O)c1ccccc1)n2C1(C)CCC1. The van der Waals surface area contributed by atoms with Crippen LogP contribution in [0.15, 0.2) is 36.4 Å². The van der Waals surface area contributed by atoms with E-state index in [0.29, 0.717) is 33.6 Å². The first-order valence-electron chi connectivity index (χ1n) is 9.95. The van der Waals surface area contributed by atoms with Gasteiger partial charge in [-0.15, -0.1) is 0 Å². The van der Waals surface area contributed by atoms with Crippen LogP contribution in [-0.4, -0.2) is 32.7 Å². The highest BCUT2D eigenvalue weighted by atomic mass is 35.5. The van der Waals surface area contributed by atoms with Crippen LogP contribution < -0.4 is 10.1 Å². The normalized spacial score (nSPS) is 17.2. The Morgan fingerprint density at radius 1 is 1.33 bits per heavy atom. The Labute approximate surface area is 180 Å². The molecule has 7 nitrogen and oxygen atoms in total. The number of aromatic nitrogens is 3. The fourth-order valence-electron chi connectivity index (χ4n) is 4.03. The molecule has 1 aromatic carbocycles. The molecule has 1 atom stereocenters. The Balaban J connectivity index is 1.70. The first-order chi connectivity index (χ1) is 14.2. The van der Waals surface area contributed by atoms with Crippen LogP contribution in [0.25, 0.3) is 11.2 Å². The number of carbonyl (C=O) groups is 1. The maximum Gasteiger partial charge on any atom is 0.229 e. The molecule has 1 aliphatic rings. The summed E-state index contributed by atoms with van der Waals surface area (Å²) in [6.07, 6.45) is 2.87. The number of aliphatic hydroxyl groups is 1. The molecule has 2 heterocycles. The summed E-state index contributed by atoms with van der Waals surface area (Å²) in [6.45, 7) is 3.74. The lowest BCUT2D eigenvalue weighted by Gasteiger charge is -2.40. The summed E-state index contributed by atoms with van der Waals surface area (Å²) in [7, 11) is 1.55. The molecule has 1 amide bonds. The number of hydrogen-bond donors (Lipinski definition) is 2. The predicted molar refractivity (Wildman–Crippen MR) is 116 cm³/mol. The summed E-state index contributed by atoms with van der Waals surface area (Å²) in [4.78, 5) is 22.0. The van der Waals surface area contributed by atoms with Gasteiger partial charge in [-0.05, 0) is 38.7 Å². The smallest absolute Gasteiger partial charge is 0.229 e. The lowest BCUT2D eigenvalue weighted by Crippen LogP contribution is -2.39. The van der Waals surface area contributed by atoms with Gasteiger partial charge in [0.15, 0.2) is 16.9 Å². The van der Waals surface area contributed by atoms with Crippen LogP contribution in [0.3, 0.4) is 0 Å². The number of pyridine rings is 1. The lowest BCUT2D eigenvalue weighted by molar-refractivity contribution is -0.120. The minimum atomic E-state index is -1.30. The van der Waals surface area contributed by atoms with Crippen LogP contribution in [-0.2, 0) is 15.9 Å². The maximum atomic E-state index is 12.9. The van der Waals surface area contributed by atoms with Gasteiger partial charge < -0.3 is 9.84 Å². The van der Waals surface area contributed by atoms with Crippen molar-refractivity contribution in [2.45, 2.75) is 50.7 Å². The van der Waals surface area contributed by atoms with Gasteiger partial charge in [-0.3, -0.25) is 14.7 Å². The van der Waals surface area contributed by atoms with Crippen LogP contribution in [0.4, 0.5) is 5.95 Å². The summed E-state index contributed by atoms with van der Waals surface area (Å²) in [5.41, 5.74) is 0.269. The molecular weight excluding hydrogens is 404 g/mol. The quantitative estimate of drug-likeness (QED) is 0.573. The molecule has 0 bridgehead atoms. The van der Waals surface area contributed by atoms with Crippen molar-refractivity contribution < 1.29 is 14.6 Å². The highest BCUT2D eigenvalue weighted by Gasteiger charge is 2.38. The third-order valence-electron chi connectivity index (χ3n) is 5.89. The van der Waals surface area contributed by atoms with Gasteiger partial charge in [-0.1, -0.05) is 41.9 Å². The third-order valence-corrected chi connectivity index (χ3v) is 6.09. The predicted octanol–water partition coefficient (Wildman–Crippen LogP) is 4.23. The van der Waals surface area contributed by atoms with Crippen molar-refractivity contribution in [2.75, 3.05) is 12.4 Å². The molecule has 30 heavy (non-hydrogen) atoms. The first-order valence-corrected chi connectivity index (χ1v) is 10.3. The van der Waals surface area contributed by atoms with Crippen molar-refractivity contribution in [1.29, 1.82) is 0 Å². The van der Waals surface area contributed by atoms with E-state index in [1.54, 1.807) is 32.2 Å². The number of hydrogen-bond acceptors (Lipinski definition) is 5. The molecule has 1 aliphatic carbocycles. The van der Waals surface area contributed by atoms with Crippen molar-refractivity contribution in [3.8, 4) is 5.75 Å². The Bertz CT molecular complexity index is 1090. The number of fused-ring (bicyclic) bond motifs is 1. The van der Waals surface area contributed by atoms with Gasteiger partial charge >= 0.3 is 0 Å². The highest BCUT2D eigenvalue weighted by molar-refractivity contribution is 6.30. The molecule has 0 unspecified atom stereocenters. The number of rotatable bonds is 6. The van der Waals surface area contributed by atoms with Gasteiger partial charge in [-0.25, -0.2) is 9.97 Å². The average molecular weight is 429 g/mol. The summed E-state index contributed by atoms with van der Waals surface area (Å²) >= 11 is 6.20.